The molecule has 0 aliphatic heterocycles. The molecule has 0 saturated carbocycles. The van der Waals surface area contributed by atoms with E-state index in [1.807, 2.05) is 37.3 Å². The Hall–Kier alpha value is -2.81. The number of benzene rings is 2. The summed E-state index contributed by atoms with van der Waals surface area (Å²) in [6, 6.07) is 13.0. The fourth-order valence-corrected chi connectivity index (χ4v) is 3.04. The second-order valence-corrected chi connectivity index (χ2v) is 6.15. The van der Waals surface area contributed by atoms with Crippen molar-refractivity contribution in [1.82, 2.24) is 0 Å². The molecule has 24 heavy (non-hydrogen) atoms. The van der Waals surface area contributed by atoms with Crippen LogP contribution in [0.15, 0.2) is 66.3 Å². The molecule has 1 atom stereocenters. The maximum atomic E-state index is 13.0. The van der Waals surface area contributed by atoms with Gasteiger partial charge in [-0.1, -0.05) is 30.3 Å². The lowest BCUT2D eigenvalue weighted by atomic mass is 9.70. The minimum Gasteiger partial charge on any atom is -0.293 e. The molecule has 0 fully saturated rings. The molecule has 0 bridgehead atoms. The van der Waals surface area contributed by atoms with Crippen molar-refractivity contribution in [2.45, 2.75) is 19.3 Å². The van der Waals surface area contributed by atoms with Gasteiger partial charge in [0.1, 0.15) is 5.82 Å². The van der Waals surface area contributed by atoms with Crippen molar-refractivity contribution in [1.29, 1.82) is 0 Å². The van der Waals surface area contributed by atoms with Gasteiger partial charge >= 0.3 is 0 Å². The van der Waals surface area contributed by atoms with Gasteiger partial charge in [-0.25, -0.2) is 4.39 Å². The topological polar surface area (TPSA) is 34.1 Å². The molecule has 0 spiro atoms. The Morgan fingerprint density at radius 2 is 1.75 bits per heavy atom. The van der Waals surface area contributed by atoms with Crippen molar-refractivity contribution in [3.8, 4) is 0 Å². The Bertz CT molecular complexity index is 875. The Morgan fingerprint density at radius 3 is 2.46 bits per heavy atom. The fourth-order valence-electron chi connectivity index (χ4n) is 3.04. The molecule has 3 heteroatoms. The maximum Gasteiger partial charge on any atom is 0.185 e. The lowest BCUT2D eigenvalue weighted by Gasteiger charge is -2.31. The van der Waals surface area contributed by atoms with Crippen LogP contribution >= 0.6 is 0 Å². The average Bonchev–Trinajstić information content (AvgIpc) is 2.59. The zero-order valence-electron chi connectivity index (χ0n) is 13.5. The predicted octanol–water partition coefficient (Wildman–Crippen LogP) is 4.51. The number of rotatable bonds is 3. The molecule has 0 aromatic heterocycles. The van der Waals surface area contributed by atoms with E-state index in [4.69, 9.17) is 0 Å². The normalized spacial score (nSPS) is 20.0. The molecule has 0 unspecified atom stereocenters. The standard InChI is InChI=1S/C21H17FO2/c1-14-13-16-5-3-4-6-18(16)21(2,20(14)24)12-11-19(23)15-7-9-17(22)10-8-15/h3-13H,1-2H3/b12-11-/t21-/m1/s1. The highest BCUT2D eigenvalue weighted by molar-refractivity contribution is 6.11. The number of carbonyl (C=O) groups excluding carboxylic acids is 2. The molecule has 120 valence electrons. The van der Waals surface area contributed by atoms with Gasteiger partial charge < -0.3 is 0 Å². The van der Waals surface area contributed by atoms with Gasteiger partial charge in [0.15, 0.2) is 11.6 Å². The molecule has 0 heterocycles. The summed E-state index contributed by atoms with van der Waals surface area (Å²) in [6.45, 7) is 3.60. The average molecular weight is 320 g/mol. The quantitative estimate of drug-likeness (QED) is 0.616. The molecule has 2 aromatic rings. The maximum absolute atomic E-state index is 13.0. The molecular weight excluding hydrogens is 303 g/mol. The minimum atomic E-state index is -0.884. The van der Waals surface area contributed by atoms with Crippen molar-refractivity contribution in [3.63, 3.8) is 0 Å². The van der Waals surface area contributed by atoms with Crippen LogP contribution in [0.3, 0.4) is 0 Å². The van der Waals surface area contributed by atoms with Gasteiger partial charge in [-0.15, -0.1) is 0 Å². The number of halogens is 1. The molecular formula is C21H17FO2. The van der Waals surface area contributed by atoms with Crippen molar-refractivity contribution < 1.29 is 14.0 Å². The second kappa shape index (κ2) is 6.00. The van der Waals surface area contributed by atoms with E-state index < -0.39 is 5.41 Å². The van der Waals surface area contributed by atoms with Crippen molar-refractivity contribution in [3.05, 3.63) is 88.8 Å². The summed E-state index contributed by atoms with van der Waals surface area (Å²) in [7, 11) is 0. The van der Waals surface area contributed by atoms with Gasteiger partial charge in [0.2, 0.25) is 0 Å². The Morgan fingerprint density at radius 1 is 1.08 bits per heavy atom. The van der Waals surface area contributed by atoms with E-state index in [1.54, 1.807) is 13.0 Å². The van der Waals surface area contributed by atoms with E-state index in [0.717, 1.165) is 11.1 Å². The fraction of sp³-hybridized carbons (Fsp3) is 0.143. The van der Waals surface area contributed by atoms with Crippen molar-refractivity contribution in [2.75, 3.05) is 0 Å². The van der Waals surface area contributed by atoms with Crippen LogP contribution in [-0.4, -0.2) is 11.6 Å². The van der Waals surface area contributed by atoms with E-state index in [0.29, 0.717) is 11.1 Å². The first-order valence-electron chi connectivity index (χ1n) is 7.73. The Kier molecular flexibility index (Phi) is 4.02. The highest BCUT2D eigenvalue weighted by Crippen LogP contribution is 2.37. The van der Waals surface area contributed by atoms with Crippen LogP contribution < -0.4 is 0 Å². The van der Waals surface area contributed by atoms with Gasteiger partial charge in [0.05, 0.1) is 5.41 Å². The SMILES string of the molecule is CC1=Cc2ccccc2[C@@](C)(/C=C\C(=O)c2ccc(F)cc2)C1=O. The summed E-state index contributed by atoms with van der Waals surface area (Å²) >= 11 is 0. The Labute approximate surface area is 140 Å². The van der Waals surface area contributed by atoms with Crippen LogP contribution in [0.1, 0.15) is 35.3 Å². The van der Waals surface area contributed by atoms with E-state index >= 15 is 0 Å². The molecule has 0 radical (unpaired) electrons. The number of allylic oxidation sites excluding steroid dienone is 3. The van der Waals surface area contributed by atoms with Crippen molar-refractivity contribution in [2.24, 2.45) is 0 Å². The summed E-state index contributed by atoms with van der Waals surface area (Å²) < 4.78 is 13.0. The van der Waals surface area contributed by atoms with Crippen LogP contribution in [0.4, 0.5) is 4.39 Å². The summed E-state index contributed by atoms with van der Waals surface area (Å²) in [5, 5.41) is 0. The van der Waals surface area contributed by atoms with E-state index in [-0.39, 0.29) is 17.4 Å². The number of carbonyl (C=O) groups is 2. The smallest absolute Gasteiger partial charge is 0.185 e. The molecule has 1 aliphatic rings. The summed E-state index contributed by atoms with van der Waals surface area (Å²) in [6.07, 6.45) is 4.92. The van der Waals surface area contributed by atoms with Gasteiger partial charge in [0.25, 0.3) is 0 Å². The number of fused-ring (bicyclic) bond motifs is 1. The van der Waals surface area contributed by atoms with Gasteiger partial charge in [-0.2, -0.15) is 0 Å². The summed E-state index contributed by atoms with van der Waals surface area (Å²) in [5.74, 6) is -0.669. The Balaban J connectivity index is 1.98. The molecule has 2 aromatic carbocycles. The molecule has 0 N–H and O–H groups in total. The van der Waals surface area contributed by atoms with E-state index in [2.05, 4.69) is 0 Å². The number of Topliss-reactive ketones (excluding diaryl/α,β-unsaturated/α-hetero) is 1. The lowest BCUT2D eigenvalue weighted by molar-refractivity contribution is -0.118. The summed E-state index contributed by atoms with van der Waals surface area (Å²) in [4.78, 5) is 25.0. The third-order valence-corrected chi connectivity index (χ3v) is 4.42. The predicted molar refractivity (Wildman–Crippen MR) is 92.3 cm³/mol. The van der Waals surface area contributed by atoms with Crippen LogP contribution in [0.5, 0.6) is 0 Å². The first-order valence-corrected chi connectivity index (χ1v) is 7.73. The number of hydrogen-bond acceptors (Lipinski definition) is 2. The van der Waals surface area contributed by atoms with E-state index in [1.165, 1.54) is 30.3 Å². The van der Waals surface area contributed by atoms with Crippen LogP contribution in [0.25, 0.3) is 6.08 Å². The highest BCUT2D eigenvalue weighted by atomic mass is 19.1. The molecule has 0 amide bonds. The van der Waals surface area contributed by atoms with Gasteiger partial charge in [-0.05, 0) is 67.0 Å². The summed E-state index contributed by atoms with van der Waals surface area (Å²) in [5.41, 5.74) is 2.03. The van der Waals surface area contributed by atoms with Crippen molar-refractivity contribution >= 4 is 17.6 Å². The first-order chi connectivity index (χ1) is 11.4. The lowest BCUT2D eigenvalue weighted by Crippen LogP contribution is -2.34. The molecule has 3 rings (SSSR count). The van der Waals surface area contributed by atoms with Crippen LogP contribution in [0.2, 0.25) is 0 Å². The number of hydrogen-bond donors (Lipinski definition) is 0. The second-order valence-electron chi connectivity index (χ2n) is 6.15. The first kappa shape index (κ1) is 16.1. The molecule has 0 saturated heterocycles. The van der Waals surface area contributed by atoms with Gasteiger partial charge in [0, 0.05) is 5.56 Å². The third kappa shape index (κ3) is 2.73. The van der Waals surface area contributed by atoms with Gasteiger partial charge in [-0.3, -0.25) is 9.59 Å². The molecule has 2 nitrogen and oxygen atoms in total. The minimum absolute atomic E-state index is 0.0237. The monoisotopic (exact) mass is 320 g/mol. The largest absolute Gasteiger partial charge is 0.293 e. The molecule has 1 aliphatic carbocycles. The van der Waals surface area contributed by atoms with Crippen LogP contribution in [-0.2, 0) is 10.2 Å². The van der Waals surface area contributed by atoms with E-state index in [9.17, 15) is 14.0 Å². The highest BCUT2D eigenvalue weighted by Gasteiger charge is 2.37. The van der Waals surface area contributed by atoms with Crippen LogP contribution in [0, 0.1) is 5.82 Å². The third-order valence-electron chi connectivity index (χ3n) is 4.42. The zero-order valence-corrected chi connectivity index (χ0v) is 13.5. The zero-order chi connectivity index (χ0) is 17.3. The number of ketones is 2.